The van der Waals surface area contributed by atoms with Gasteiger partial charge in [0.25, 0.3) is 0 Å². The molecule has 0 saturated carbocycles. The van der Waals surface area contributed by atoms with Crippen LogP contribution in [0.4, 0.5) is 5.69 Å². The number of aryl methyl sites for hydroxylation is 1. The molecular weight excluding hydrogens is 400 g/mol. The summed E-state index contributed by atoms with van der Waals surface area (Å²) in [5.41, 5.74) is 14.4. The van der Waals surface area contributed by atoms with E-state index >= 15 is 0 Å². The molecule has 0 spiro atoms. The average Bonchev–Trinajstić information content (AvgIpc) is 2.73. The predicted molar refractivity (Wildman–Crippen MR) is 116 cm³/mol. The number of nitrogen functional groups attached to an aromatic ring is 1. The van der Waals surface area contributed by atoms with Gasteiger partial charge >= 0.3 is 5.97 Å². The van der Waals surface area contributed by atoms with Gasteiger partial charge in [-0.1, -0.05) is 36.4 Å². The highest BCUT2D eigenvalue weighted by atomic mass is 16.4. The Morgan fingerprint density at radius 3 is 2.29 bits per heavy atom. The summed E-state index contributed by atoms with van der Waals surface area (Å²) >= 11 is 0. The first-order chi connectivity index (χ1) is 14.7. The molecule has 1 atom stereocenters. The number of hydrogen-bond acceptors (Lipinski definition) is 5. The molecule has 0 bridgehead atoms. The van der Waals surface area contributed by atoms with Crippen molar-refractivity contribution in [3.63, 3.8) is 0 Å². The monoisotopic (exact) mass is 426 g/mol. The number of amides is 3. The quantitative estimate of drug-likeness (QED) is 0.334. The van der Waals surface area contributed by atoms with Crippen LogP contribution >= 0.6 is 0 Å². The van der Waals surface area contributed by atoms with Gasteiger partial charge in [0.1, 0.15) is 6.04 Å². The number of rotatable bonds is 11. The lowest BCUT2D eigenvalue weighted by molar-refractivity contribution is -0.138. The number of carbonyl (C=O) groups is 4. The fourth-order valence-electron chi connectivity index (χ4n) is 2.94. The predicted octanol–water partition coefficient (Wildman–Crippen LogP) is 0.820. The Balaban J connectivity index is 1.92. The minimum Gasteiger partial charge on any atom is -0.481 e. The summed E-state index contributed by atoms with van der Waals surface area (Å²) < 4.78 is 0. The van der Waals surface area contributed by atoms with Crippen molar-refractivity contribution in [3.05, 3.63) is 54.1 Å². The molecule has 0 fully saturated rings. The SMILES string of the molecule is NC(=O)CNC(=O)[C@H](CCC(=O)O)NC(=O)CCc1ccc(-c2cccc(N)c2)cc1. The van der Waals surface area contributed by atoms with Gasteiger partial charge in [-0.05, 0) is 41.7 Å². The molecule has 0 radical (unpaired) electrons. The maximum Gasteiger partial charge on any atom is 0.303 e. The molecule has 7 N–H and O–H groups in total. The average molecular weight is 426 g/mol. The van der Waals surface area contributed by atoms with Crippen LogP contribution in [0, 0.1) is 0 Å². The number of aliphatic carboxylic acids is 1. The second kappa shape index (κ2) is 11.3. The van der Waals surface area contributed by atoms with Crippen molar-refractivity contribution in [1.29, 1.82) is 0 Å². The van der Waals surface area contributed by atoms with Crippen LogP contribution in [0.5, 0.6) is 0 Å². The molecule has 2 aromatic rings. The number of carbonyl (C=O) groups excluding carboxylic acids is 3. The van der Waals surface area contributed by atoms with Crippen molar-refractivity contribution in [3.8, 4) is 11.1 Å². The Labute approximate surface area is 179 Å². The molecule has 3 amide bonds. The molecule has 0 unspecified atom stereocenters. The second-order valence-electron chi connectivity index (χ2n) is 7.06. The van der Waals surface area contributed by atoms with E-state index in [4.69, 9.17) is 16.6 Å². The highest BCUT2D eigenvalue weighted by molar-refractivity contribution is 5.90. The molecule has 0 saturated heterocycles. The van der Waals surface area contributed by atoms with E-state index in [0.29, 0.717) is 12.1 Å². The Morgan fingerprint density at radius 2 is 1.68 bits per heavy atom. The van der Waals surface area contributed by atoms with Gasteiger partial charge in [0, 0.05) is 18.5 Å². The number of hydrogen-bond donors (Lipinski definition) is 5. The minimum atomic E-state index is -1.10. The first kappa shape index (κ1) is 23.4. The number of nitrogens with two attached hydrogens (primary N) is 2. The zero-order valence-electron chi connectivity index (χ0n) is 17.0. The third-order valence-corrected chi connectivity index (χ3v) is 4.55. The van der Waals surface area contributed by atoms with Crippen molar-refractivity contribution in [2.75, 3.05) is 12.3 Å². The van der Waals surface area contributed by atoms with Gasteiger partial charge in [-0.2, -0.15) is 0 Å². The lowest BCUT2D eigenvalue weighted by Gasteiger charge is -2.17. The molecule has 164 valence electrons. The number of primary amides is 1. The summed E-state index contributed by atoms with van der Waals surface area (Å²) in [5.74, 6) is -2.88. The van der Waals surface area contributed by atoms with E-state index in [0.717, 1.165) is 16.7 Å². The topological polar surface area (TPSA) is 165 Å². The van der Waals surface area contributed by atoms with E-state index < -0.39 is 36.3 Å². The molecule has 0 aromatic heterocycles. The highest BCUT2D eigenvalue weighted by Gasteiger charge is 2.21. The maximum absolute atomic E-state index is 12.3. The van der Waals surface area contributed by atoms with Crippen molar-refractivity contribution in [2.45, 2.75) is 31.7 Å². The Morgan fingerprint density at radius 1 is 0.968 bits per heavy atom. The third-order valence-electron chi connectivity index (χ3n) is 4.55. The fourth-order valence-corrected chi connectivity index (χ4v) is 2.94. The van der Waals surface area contributed by atoms with Gasteiger partial charge in [-0.15, -0.1) is 0 Å². The van der Waals surface area contributed by atoms with Crippen molar-refractivity contribution >= 4 is 29.4 Å². The standard InChI is InChI=1S/C22H26N4O5/c23-17-3-1-2-16(12-17)15-7-4-14(5-8-15)6-10-20(28)26-18(9-11-21(29)30)22(31)25-13-19(24)27/h1-5,7-8,12,18H,6,9-11,13,23H2,(H2,24,27)(H,25,31)(H,26,28)(H,29,30)/t18-/m0/s1. The molecule has 9 heteroatoms. The highest BCUT2D eigenvalue weighted by Crippen LogP contribution is 2.22. The van der Waals surface area contributed by atoms with Crippen molar-refractivity contribution < 1.29 is 24.3 Å². The molecule has 2 aromatic carbocycles. The zero-order valence-corrected chi connectivity index (χ0v) is 17.0. The zero-order chi connectivity index (χ0) is 22.8. The fraction of sp³-hybridized carbons (Fsp3) is 0.273. The smallest absolute Gasteiger partial charge is 0.303 e. The van der Waals surface area contributed by atoms with Crippen LogP contribution in [0.15, 0.2) is 48.5 Å². The summed E-state index contributed by atoms with van der Waals surface area (Å²) in [6, 6.07) is 14.2. The van der Waals surface area contributed by atoms with E-state index in [1.165, 1.54) is 0 Å². The first-order valence-electron chi connectivity index (χ1n) is 9.76. The van der Waals surface area contributed by atoms with Gasteiger partial charge in [-0.3, -0.25) is 19.2 Å². The number of carboxylic acids is 1. The summed E-state index contributed by atoms with van der Waals surface area (Å²) in [6.07, 6.45) is 0.156. The molecule has 31 heavy (non-hydrogen) atoms. The van der Waals surface area contributed by atoms with Gasteiger partial charge in [-0.25, -0.2) is 0 Å². The molecule has 0 heterocycles. The number of carboxylic acid groups (broad SMARTS) is 1. The Kier molecular flexibility index (Phi) is 8.56. The van der Waals surface area contributed by atoms with Gasteiger partial charge in [0.05, 0.1) is 6.54 Å². The van der Waals surface area contributed by atoms with Gasteiger partial charge < -0.3 is 27.2 Å². The summed E-state index contributed by atoms with van der Waals surface area (Å²) in [5, 5.41) is 13.7. The second-order valence-corrected chi connectivity index (χ2v) is 7.06. The summed E-state index contributed by atoms with van der Waals surface area (Å²) in [7, 11) is 0. The van der Waals surface area contributed by atoms with Gasteiger partial charge in [0.2, 0.25) is 17.7 Å². The molecule has 9 nitrogen and oxygen atoms in total. The molecule has 0 aliphatic carbocycles. The first-order valence-corrected chi connectivity index (χ1v) is 9.76. The van der Waals surface area contributed by atoms with E-state index in [-0.39, 0.29) is 19.3 Å². The maximum atomic E-state index is 12.3. The molecule has 0 aliphatic heterocycles. The van der Waals surface area contributed by atoms with E-state index in [1.54, 1.807) is 0 Å². The summed E-state index contributed by atoms with van der Waals surface area (Å²) in [4.78, 5) is 46.1. The van der Waals surface area contributed by atoms with E-state index in [2.05, 4.69) is 10.6 Å². The van der Waals surface area contributed by atoms with Crippen LogP contribution in [0.25, 0.3) is 11.1 Å². The largest absolute Gasteiger partial charge is 0.481 e. The normalized spacial score (nSPS) is 11.4. The van der Waals surface area contributed by atoms with E-state index in [9.17, 15) is 19.2 Å². The van der Waals surface area contributed by atoms with Crippen LogP contribution in [0.3, 0.4) is 0 Å². The Hall–Kier alpha value is -3.88. The van der Waals surface area contributed by atoms with Crippen molar-refractivity contribution in [2.24, 2.45) is 5.73 Å². The number of nitrogens with one attached hydrogen (secondary N) is 2. The van der Waals surface area contributed by atoms with Crippen LogP contribution in [0.1, 0.15) is 24.8 Å². The molecule has 2 rings (SSSR count). The number of benzene rings is 2. The van der Waals surface area contributed by atoms with Gasteiger partial charge in [0.15, 0.2) is 0 Å². The summed E-state index contributed by atoms with van der Waals surface area (Å²) in [6.45, 7) is -0.391. The molecular formula is C22H26N4O5. The lowest BCUT2D eigenvalue weighted by atomic mass is 10.0. The number of anilines is 1. The van der Waals surface area contributed by atoms with Crippen LogP contribution < -0.4 is 22.1 Å². The van der Waals surface area contributed by atoms with Crippen LogP contribution in [-0.4, -0.2) is 41.4 Å². The van der Waals surface area contributed by atoms with Crippen LogP contribution in [0.2, 0.25) is 0 Å². The lowest BCUT2D eigenvalue weighted by Crippen LogP contribution is -2.48. The van der Waals surface area contributed by atoms with Crippen LogP contribution in [-0.2, 0) is 25.6 Å². The van der Waals surface area contributed by atoms with E-state index in [1.807, 2.05) is 48.5 Å². The third kappa shape index (κ3) is 8.17. The minimum absolute atomic E-state index is 0.0967. The van der Waals surface area contributed by atoms with Crippen molar-refractivity contribution in [1.82, 2.24) is 10.6 Å². The Bertz CT molecular complexity index is 943. The molecule has 0 aliphatic rings.